The van der Waals surface area contributed by atoms with Crippen LogP contribution in [0.2, 0.25) is 0 Å². The quantitative estimate of drug-likeness (QED) is 0.726. The van der Waals surface area contributed by atoms with Crippen molar-refractivity contribution < 1.29 is 14.3 Å². The maximum atomic E-state index is 12.5. The molecule has 21 heavy (non-hydrogen) atoms. The van der Waals surface area contributed by atoms with Crippen LogP contribution in [0, 0.1) is 11.8 Å². The Bertz CT molecular complexity index is 456. The molecule has 0 saturated heterocycles. The number of carbonyl (C=O) groups excluding carboxylic acids is 2. The fourth-order valence-corrected chi connectivity index (χ4v) is 1.95. The van der Waals surface area contributed by atoms with Gasteiger partial charge in [0.15, 0.2) is 0 Å². The minimum Gasteiger partial charge on any atom is -0.465 e. The second-order valence-corrected chi connectivity index (χ2v) is 5.52. The lowest BCUT2D eigenvalue weighted by molar-refractivity contribution is -0.151. The van der Waals surface area contributed by atoms with E-state index >= 15 is 0 Å². The van der Waals surface area contributed by atoms with Crippen molar-refractivity contribution in [3.8, 4) is 0 Å². The summed E-state index contributed by atoms with van der Waals surface area (Å²) in [5, 5.41) is 0. The predicted octanol–water partition coefficient (Wildman–Crippen LogP) is 2.87. The standard InChI is InChI=1S/C17H25NO3/c1-5-21-16(19)12-18(17(20)14(4)13(2)3)11-15-9-7-6-8-10-15/h6-10,13-14H,5,11-12H2,1-4H3. The van der Waals surface area contributed by atoms with E-state index in [0.717, 1.165) is 5.56 Å². The minimum atomic E-state index is -0.363. The summed E-state index contributed by atoms with van der Waals surface area (Å²) in [6, 6.07) is 9.68. The van der Waals surface area contributed by atoms with Gasteiger partial charge in [-0.3, -0.25) is 9.59 Å². The molecular weight excluding hydrogens is 266 g/mol. The number of rotatable bonds is 7. The van der Waals surface area contributed by atoms with Crippen molar-refractivity contribution in [2.75, 3.05) is 13.2 Å². The van der Waals surface area contributed by atoms with Gasteiger partial charge < -0.3 is 9.64 Å². The molecule has 0 N–H and O–H groups in total. The maximum Gasteiger partial charge on any atom is 0.325 e. The monoisotopic (exact) mass is 291 g/mol. The summed E-state index contributed by atoms with van der Waals surface area (Å²) in [4.78, 5) is 25.9. The van der Waals surface area contributed by atoms with Gasteiger partial charge >= 0.3 is 5.97 Å². The minimum absolute atomic E-state index is 0.00136. The highest BCUT2D eigenvalue weighted by molar-refractivity contribution is 5.83. The van der Waals surface area contributed by atoms with Crippen molar-refractivity contribution in [2.24, 2.45) is 11.8 Å². The van der Waals surface area contributed by atoms with Gasteiger partial charge in [-0.05, 0) is 18.4 Å². The average molecular weight is 291 g/mol. The molecule has 0 saturated carbocycles. The molecule has 1 aromatic carbocycles. The Morgan fingerprint density at radius 2 is 1.76 bits per heavy atom. The van der Waals surface area contributed by atoms with Gasteiger partial charge in [0, 0.05) is 12.5 Å². The van der Waals surface area contributed by atoms with E-state index in [0.29, 0.717) is 13.2 Å². The third-order valence-electron chi connectivity index (χ3n) is 3.54. The van der Waals surface area contributed by atoms with Crippen LogP contribution in [0.4, 0.5) is 0 Å². The molecule has 0 aromatic heterocycles. The van der Waals surface area contributed by atoms with Crippen LogP contribution in [0.3, 0.4) is 0 Å². The van der Waals surface area contributed by atoms with Crippen LogP contribution in [0.25, 0.3) is 0 Å². The average Bonchev–Trinajstić information content (AvgIpc) is 2.46. The molecule has 0 fully saturated rings. The molecule has 4 nitrogen and oxygen atoms in total. The van der Waals surface area contributed by atoms with Gasteiger partial charge in [0.05, 0.1) is 6.61 Å². The number of benzene rings is 1. The molecule has 1 aromatic rings. The summed E-state index contributed by atoms with van der Waals surface area (Å²) < 4.78 is 4.97. The molecule has 116 valence electrons. The lowest BCUT2D eigenvalue weighted by Gasteiger charge is -2.26. The maximum absolute atomic E-state index is 12.5. The van der Waals surface area contributed by atoms with Crippen molar-refractivity contribution in [1.29, 1.82) is 0 Å². The lowest BCUT2D eigenvalue weighted by atomic mass is 9.96. The van der Waals surface area contributed by atoms with Crippen molar-refractivity contribution in [3.63, 3.8) is 0 Å². The Balaban J connectivity index is 2.83. The van der Waals surface area contributed by atoms with Gasteiger partial charge in [-0.1, -0.05) is 51.1 Å². The fourth-order valence-electron chi connectivity index (χ4n) is 1.95. The van der Waals surface area contributed by atoms with Crippen LogP contribution in [0.15, 0.2) is 30.3 Å². The first-order valence-electron chi connectivity index (χ1n) is 7.44. The molecule has 4 heteroatoms. The molecule has 0 radical (unpaired) electrons. The highest BCUT2D eigenvalue weighted by Crippen LogP contribution is 2.15. The summed E-state index contributed by atoms with van der Waals surface area (Å²) in [7, 11) is 0. The van der Waals surface area contributed by atoms with Crippen LogP contribution in [0.5, 0.6) is 0 Å². The number of amides is 1. The molecule has 0 aliphatic rings. The van der Waals surface area contributed by atoms with Crippen molar-refractivity contribution >= 4 is 11.9 Å². The molecular formula is C17H25NO3. The van der Waals surface area contributed by atoms with E-state index in [4.69, 9.17) is 4.74 Å². The summed E-state index contributed by atoms with van der Waals surface area (Å²) >= 11 is 0. The number of ether oxygens (including phenoxy) is 1. The first-order valence-corrected chi connectivity index (χ1v) is 7.44. The number of hydrogen-bond donors (Lipinski definition) is 0. The molecule has 1 amide bonds. The first-order chi connectivity index (χ1) is 9.95. The summed E-state index contributed by atoms with van der Waals surface area (Å²) in [6.07, 6.45) is 0. The SMILES string of the molecule is CCOC(=O)CN(Cc1ccccc1)C(=O)C(C)C(C)C. The molecule has 1 unspecified atom stereocenters. The molecule has 0 aliphatic heterocycles. The third-order valence-corrected chi connectivity index (χ3v) is 3.54. The predicted molar refractivity (Wildman–Crippen MR) is 82.5 cm³/mol. The zero-order chi connectivity index (χ0) is 15.8. The Kier molecular flexibility index (Phi) is 6.92. The molecule has 1 atom stereocenters. The van der Waals surface area contributed by atoms with Gasteiger partial charge in [0.25, 0.3) is 0 Å². The van der Waals surface area contributed by atoms with Gasteiger partial charge in [-0.25, -0.2) is 0 Å². The van der Waals surface area contributed by atoms with Gasteiger partial charge in [0.1, 0.15) is 6.54 Å². The second kappa shape index (κ2) is 8.45. The number of carbonyl (C=O) groups is 2. The Morgan fingerprint density at radius 3 is 2.29 bits per heavy atom. The second-order valence-electron chi connectivity index (χ2n) is 5.52. The zero-order valence-corrected chi connectivity index (χ0v) is 13.3. The smallest absolute Gasteiger partial charge is 0.325 e. The molecule has 0 heterocycles. The summed E-state index contributed by atoms with van der Waals surface area (Å²) in [6.45, 7) is 8.43. The fraction of sp³-hybridized carbons (Fsp3) is 0.529. The van der Waals surface area contributed by atoms with Gasteiger partial charge in [0.2, 0.25) is 5.91 Å². The number of esters is 1. The Hall–Kier alpha value is -1.84. The van der Waals surface area contributed by atoms with E-state index in [-0.39, 0.29) is 30.3 Å². The number of nitrogens with zero attached hydrogens (tertiary/aromatic N) is 1. The van der Waals surface area contributed by atoms with Crippen molar-refractivity contribution in [1.82, 2.24) is 4.90 Å². The van der Waals surface area contributed by atoms with Gasteiger partial charge in [-0.2, -0.15) is 0 Å². The molecule has 1 rings (SSSR count). The van der Waals surface area contributed by atoms with Crippen molar-refractivity contribution in [3.05, 3.63) is 35.9 Å². The molecule has 0 spiro atoms. The van der Waals surface area contributed by atoms with Crippen LogP contribution in [-0.2, 0) is 20.9 Å². The third kappa shape index (κ3) is 5.58. The van der Waals surface area contributed by atoms with Crippen LogP contribution < -0.4 is 0 Å². The first kappa shape index (κ1) is 17.2. The normalized spacial score (nSPS) is 12.0. The van der Waals surface area contributed by atoms with E-state index in [2.05, 4.69) is 0 Å². The van der Waals surface area contributed by atoms with Crippen molar-refractivity contribution in [2.45, 2.75) is 34.2 Å². The largest absolute Gasteiger partial charge is 0.465 e. The van der Waals surface area contributed by atoms with E-state index in [1.807, 2.05) is 51.1 Å². The Labute approximate surface area is 127 Å². The van der Waals surface area contributed by atoms with Crippen LogP contribution in [-0.4, -0.2) is 29.9 Å². The highest BCUT2D eigenvalue weighted by atomic mass is 16.5. The van der Waals surface area contributed by atoms with E-state index in [9.17, 15) is 9.59 Å². The molecule has 0 aliphatic carbocycles. The lowest BCUT2D eigenvalue weighted by Crippen LogP contribution is -2.40. The van der Waals surface area contributed by atoms with Gasteiger partial charge in [-0.15, -0.1) is 0 Å². The summed E-state index contributed by atoms with van der Waals surface area (Å²) in [5.41, 5.74) is 1.01. The van der Waals surface area contributed by atoms with E-state index in [1.54, 1.807) is 11.8 Å². The van der Waals surface area contributed by atoms with Crippen LogP contribution >= 0.6 is 0 Å². The summed E-state index contributed by atoms with van der Waals surface area (Å²) in [5.74, 6) is -0.263. The van der Waals surface area contributed by atoms with Crippen LogP contribution in [0.1, 0.15) is 33.3 Å². The molecule has 0 bridgehead atoms. The van der Waals surface area contributed by atoms with E-state index < -0.39 is 0 Å². The highest BCUT2D eigenvalue weighted by Gasteiger charge is 2.25. The number of hydrogen-bond acceptors (Lipinski definition) is 3. The topological polar surface area (TPSA) is 46.6 Å². The van der Waals surface area contributed by atoms with E-state index in [1.165, 1.54) is 0 Å². The Morgan fingerprint density at radius 1 is 1.14 bits per heavy atom. The zero-order valence-electron chi connectivity index (χ0n) is 13.3.